The molecule has 4 aliphatic carbocycles. The van der Waals surface area contributed by atoms with Crippen LogP contribution in [-0.4, -0.2) is 40.3 Å². The van der Waals surface area contributed by atoms with Crippen molar-refractivity contribution in [2.45, 2.75) is 63.8 Å². The number of rotatable bonds is 2. The maximum absolute atomic E-state index is 12.5. The van der Waals surface area contributed by atoms with E-state index in [1.54, 1.807) is 12.2 Å². The van der Waals surface area contributed by atoms with Crippen molar-refractivity contribution >= 4 is 17.9 Å². The van der Waals surface area contributed by atoms with Crippen molar-refractivity contribution in [2.24, 2.45) is 28.6 Å². The van der Waals surface area contributed by atoms with E-state index < -0.39 is 16.8 Å². The number of hydrogen-bond donors (Lipinski definition) is 1. The number of epoxide rings is 1. The molecule has 1 heterocycles. The Hall–Kier alpha value is -1.59. The highest BCUT2D eigenvalue weighted by molar-refractivity contribution is 6.29. The fraction of sp³-hybridized carbons (Fsp3) is 0.682. The van der Waals surface area contributed by atoms with Gasteiger partial charge in [0.15, 0.2) is 12.1 Å². The second-order valence-electron chi connectivity index (χ2n) is 9.77. The van der Waals surface area contributed by atoms with E-state index in [0.29, 0.717) is 12.8 Å². The Bertz CT molecular complexity index is 842. The van der Waals surface area contributed by atoms with Crippen molar-refractivity contribution in [3.05, 3.63) is 23.8 Å². The molecule has 0 aromatic carbocycles. The maximum atomic E-state index is 12.5. The third-order valence-corrected chi connectivity index (χ3v) is 9.00. The van der Waals surface area contributed by atoms with Crippen LogP contribution in [0.1, 0.15) is 46.5 Å². The van der Waals surface area contributed by atoms with Crippen molar-refractivity contribution in [3.63, 3.8) is 0 Å². The predicted octanol–water partition coefficient (Wildman–Crippen LogP) is 2.17. The smallest absolute Gasteiger partial charge is 0.227 e. The van der Waals surface area contributed by atoms with Crippen LogP contribution in [0.15, 0.2) is 23.8 Å². The molecule has 5 heteroatoms. The first-order valence-corrected chi connectivity index (χ1v) is 9.99. The molecular formula is C22H26O5. The molecule has 0 aromatic heterocycles. The Morgan fingerprint density at radius 3 is 2.78 bits per heavy atom. The highest BCUT2D eigenvalue weighted by atomic mass is 16.6. The predicted molar refractivity (Wildman–Crippen MR) is 96.7 cm³/mol. The summed E-state index contributed by atoms with van der Waals surface area (Å²) in [4.78, 5) is 35.7. The average Bonchev–Trinajstić information content (AvgIpc) is 3.31. The fourth-order valence-electron chi connectivity index (χ4n) is 7.60. The number of allylic oxidation sites excluding steroid dienone is 2. The van der Waals surface area contributed by atoms with Crippen LogP contribution in [0.25, 0.3) is 0 Å². The van der Waals surface area contributed by atoms with E-state index in [1.165, 1.54) is 0 Å². The highest BCUT2D eigenvalue weighted by Gasteiger charge is 2.81. The van der Waals surface area contributed by atoms with Crippen LogP contribution in [0.2, 0.25) is 0 Å². The summed E-state index contributed by atoms with van der Waals surface area (Å²) in [5.74, 6) is -0.593. The molecule has 0 bridgehead atoms. The van der Waals surface area contributed by atoms with Crippen LogP contribution in [0.4, 0.5) is 0 Å². The van der Waals surface area contributed by atoms with Crippen molar-refractivity contribution in [1.29, 1.82) is 0 Å². The van der Waals surface area contributed by atoms with Gasteiger partial charge in [-0.3, -0.25) is 14.4 Å². The number of Topliss-reactive ketones (excluding diaryl/α,β-unsaturated/α-hetero) is 1. The van der Waals surface area contributed by atoms with Crippen LogP contribution >= 0.6 is 0 Å². The van der Waals surface area contributed by atoms with E-state index in [9.17, 15) is 19.5 Å². The molecule has 3 saturated carbocycles. The minimum atomic E-state index is -1.62. The van der Waals surface area contributed by atoms with Crippen LogP contribution in [0.3, 0.4) is 0 Å². The zero-order valence-corrected chi connectivity index (χ0v) is 16.0. The molecular weight excluding hydrogens is 344 g/mol. The average molecular weight is 370 g/mol. The lowest BCUT2D eigenvalue weighted by atomic mass is 9.47. The van der Waals surface area contributed by atoms with Gasteiger partial charge in [-0.2, -0.15) is 0 Å². The first-order valence-electron chi connectivity index (χ1n) is 9.99. The van der Waals surface area contributed by atoms with Gasteiger partial charge in [-0.1, -0.05) is 25.5 Å². The van der Waals surface area contributed by atoms with Gasteiger partial charge in [-0.25, -0.2) is 0 Å². The molecule has 0 unspecified atom stereocenters. The SMILES string of the molecule is C[C@@H]1C[C@H]2[C@@H]3CCC4=CC(=O)C=C[C@]4(C)[C@@]34O[C@H]4C[C@]2(C)[C@@]1(O)C(=O)C=O. The molecule has 144 valence electrons. The van der Waals surface area contributed by atoms with Gasteiger partial charge in [-0.05, 0) is 62.5 Å². The number of fused-ring (bicyclic) bond motifs is 3. The van der Waals surface area contributed by atoms with Crippen LogP contribution in [-0.2, 0) is 19.1 Å². The maximum Gasteiger partial charge on any atom is 0.227 e. The number of aldehydes is 1. The van der Waals surface area contributed by atoms with Crippen molar-refractivity contribution in [3.8, 4) is 0 Å². The largest absolute Gasteiger partial charge is 0.381 e. The van der Waals surface area contributed by atoms with E-state index in [4.69, 9.17) is 4.74 Å². The van der Waals surface area contributed by atoms with E-state index in [1.807, 2.05) is 19.9 Å². The first-order chi connectivity index (χ1) is 12.6. The van der Waals surface area contributed by atoms with Gasteiger partial charge >= 0.3 is 0 Å². The second kappa shape index (κ2) is 4.87. The summed E-state index contributed by atoms with van der Waals surface area (Å²) in [5.41, 5.74) is -1.80. The lowest BCUT2D eigenvalue weighted by Crippen LogP contribution is -2.62. The molecule has 4 fully saturated rings. The van der Waals surface area contributed by atoms with Crippen molar-refractivity contribution < 1.29 is 24.2 Å². The molecule has 27 heavy (non-hydrogen) atoms. The van der Waals surface area contributed by atoms with Gasteiger partial charge in [-0.15, -0.1) is 0 Å². The van der Waals surface area contributed by atoms with Crippen LogP contribution in [0.5, 0.6) is 0 Å². The van der Waals surface area contributed by atoms with Crippen LogP contribution in [0, 0.1) is 28.6 Å². The summed E-state index contributed by atoms with van der Waals surface area (Å²) in [6.45, 7) is 6.03. The summed E-state index contributed by atoms with van der Waals surface area (Å²) < 4.78 is 6.41. The molecule has 5 nitrogen and oxygen atoms in total. The first kappa shape index (κ1) is 17.5. The molecule has 8 atom stereocenters. The van der Waals surface area contributed by atoms with Crippen molar-refractivity contribution in [2.75, 3.05) is 0 Å². The van der Waals surface area contributed by atoms with Gasteiger partial charge in [0.05, 0.1) is 6.10 Å². The second-order valence-corrected chi connectivity index (χ2v) is 9.77. The summed E-state index contributed by atoms with van der Waals surface area (Å²) >= 11 is 0. The molecule has 5 rings (SSSR count). The van der Waals surface area contributed by atoms with Gasteiger partial charge < -0.3 is 9.84 Å². The Morgan fingerprint density at radius 1 is 1.33 bits per heavy atom. The van der Waals surface area contributed by atoms with Crippen LogP contribution < -0.4 is 0 Å². The molecule has 0 aromatic rings. The number of carbonyl (C=O) groups is 3. The standard InChI is InChI=1S/C22H26O5/c1-12-8-16-15-5-4-13-9-14(24)6-7-19(13,2)22(15)18(27-22)10-20(16,3)21(12,26)17(25)11-23/h6-7,9,11-12,15-16,18,26H,4-5,8,10H2,1-3H3/t12-,15+,16+,18+,19+,20+,21+,22-/m1/s1. The summed E-state index contributed by atoms with van der Waals surface area (Å²) in [6.07, 6.45) is 8.66. The molecule has 1 N–H and O–H groups in total. The number of aliphatic hydroxyl groups is 1. The van der Waals surface area contributed by atoms with E-state index >= 15 is 0 Å². The zero-order valence-electron chi connectivity index (χ0n) is 16.0. The number of carbonyl (C=O) groups excluding carboxylic acids is 3. The molecule has 1 aliphatic heterocycles. The normalized spacial score (nSPS) is 55.0. The minimum absolute atomic E-state index is 0.0376. The Morgan fingerprint density at radius 2 is 2.07 bits per heavy atom. The lowest BCUT2D eigenvalue weighted by molar-refractivity contribution is -0.164. The number of ketones is 2. The Kier molecular flexibility index (Phi) is 3.16. The third kappa shape index (κ3) is 1.68. The zero-order chi connectivity index (χ0) is 19.4. The third-order valence-electron chi connectivity index (χ3n) is 9.00. The topological polar surface area (TPSA) is 84.0 Å². The summed E-state index contributed by atoms with van der Waals surface area (Å²) in [7, 11) is 0. The summed E-state index contributed by atoms with van der Waals surface area (Å²) in [5, 5.41) is 11.4. The Balaban J connectivity index is 1.61. The van der Waals surface area contributed by atoms with Gasteiger partial charge in [0.1, 0.15) is 11.2 Å². The minimum Gasteiger partial charge on any atom is -0.381 e. The molecule has 0 radical (unpaired) electrons. The summed E-state index contributed by atoms with van der Waals surface area (Å²) in [6, 6.07) is 0. The highest BCUT2D eigenvalue weighted by Crippen LogP contribution is 2.76. The van der Waals surface area contributed by atoms with Gasteiger partial charge in [0, 0.05) is 10.8 Å². The monoisotopic (exact) mass is 370 g/mol. The molecule has 1 saturated heterocycles. The fourth-order valence-corrected chi connectivity index (χ4v) is 7.60. The van der Waals surface area contributed by atoms with Gasteiger partial charge in [0.25, 0.3) is 0 Å². The lowest BCUT2D eigenvalue weighted by Gasteiger charge is -2.55. The van der Waals surface area contributed by atoms with Gasteiger partial charge in [0.2, 0.25) is 5.78 Å². The van der Waals surface area contributed by atoms with Crippen molar-refractivity contribution in [1.82, 2.24) is 0 Å². The van der Waals surface area contributed by atoms with E-state index in [-0.39, 0.29) is 46.9 Å². The number of hydrogen-bond acceptors (Lipinski definition) is 5. The van der Waals surface area contributed by atoms with E-state index in [2.05, 4.69) is 6.92 Å². The Labute approximate surface area is 158 Å². The van der Waals surface area contributed by atoms with E-state index in [0.717, 1.165) is 18.4 Å². The molecule has 0 amide bonds. The molecule has 1 spiro atoms. The molecule has 5 aliphatic rings. The number of ether oxygens (including phenoxy) is 1. The quantitative estimate of drug-likeness (QED) is 0.457.